The van der Waals surface area contributed by atoms with Crippen LogP contribution >= 0.6 is 0 Å². The summed E-state index contributed by atoms with van der Waals surface area (Å²) in [5, 5.41) is 14.5. The van der Waals surface area contributed by atoms with Crippen LogP contribution in [0.4, 0.5) is 0 Å². The predicted octanol–water partition coefficient (Wildman–Crippen LogP) is 6.60. The molecule has 0 fully saturated rings. The third kappa shape index (κ3) is 13.7. The molecular weight excluding hydrogens is 722 g/mol. The molecule has 0 radical (unpaired) electrons. The Morgan fingerprint density at radius 2 is 1.04 bits per heavy atom. The smallest absolute Gasteiger partial charge is 0.344 e. The van der Waals surface area contributed by atoms with Gasteiger partial charge in [-0.2, -0.15) is 0 Å². The Kier molecular flexibility index (Phi) is 18.1. The minimum absolute atomic E-state index is 0.0300. The first-order valence-electron chi connectivity index (χ1n) is 18.7. The van der Waals surface area contributed by atoms with Crippen LogP contribution in [-0.4, -0.2) is 91.9 Å². The molecule has 0 saturated carbocycles. The summed E-state index contributed by atoms with van der Waals surface area (Å²) >= 11 is 0. The summed E-state index contributed by atoms with van der Waals surface area (Å²) in [4.78, 5) is 12.8. The van der Waals surface area contributed by atoms with Crippen molar-refractivity contribution in [3.05, 3.63) is 130 Å². The van der Waals surface area contributed by atoms with Crippen LogP contribution in [0.3, 0.4) is 0 Å². The van der Waals surface area contributed by atoms with Crippen molar-refractivity contribution in [3.63, 3.8) is 0 Å². The molecule has 0 saturated heterocycles. The summed E-state index contributed by atoms with van der Waals surface area (Å²) < 4.78 is 58.2. The molecule has 4 aromatic rings. The van der Waals surface area contributed by atoms with E-state index < -0.39 is 11.6 Å². The van der Waals surface area contributed by atoms with E-state index in [4.69, 9.17) is 47.4 Å². The van der Waals surface area contributed by atoms with Gasteiger partial charge in [-0.05, 0) is 36.2 Å². The molecule has 0 N–H and O–H groups in total. The van der Waals surface area contributed by atoms with Crippen LogP contribution in [0.15, 0.2) is 103 Å². The van der Waals surface area contributed by atoms with Crippen LogP contribution < -0.4 is 18.9 Å². The topological polar surface area (TPSA) is 137 Å². The summed E-state index contributed by atoms with van der Waals surface area (Å²) in [7, 11) is 0. The predicted molar refractivity (Wildman–Crippen MR) is 207 cm³/mol. The molecule has 0 atom stereocenters. The Balaban J connectivity index is 1.09. The SMILES string of the molecule is O=C(CCCOC(C#[N+][O-])(c1ccccc1)c1ccccc1)OCc1ccc2c(c1)OCCOCCOCCOc1ccccc1OCCOCCOCCO2. The molecule has 0 spiro atoms. The molecule has 13 nitrogen and oxygen atoms in total. The number of hydrogen-bond donors (Lipinski definition) is 0. The third-order valence-electron chi connectivity index (χ3n) is 8.35. The van der Waals surface area contributed by atoms with Crippen LogP contribution in [0.5, 0.6) is 23.0 Å². The quantitative estimate of drug-likeness (QED) is 0.103. The summed E-state index contributed by atoms with van der Waals surface area (Å²) in [6, 6.07) is 34.0. The van der Waals surface area contributed by atoms with E-state index in [1.807, 2.05) is 91.0 Å². The molecule has 1 aliphatic heterocycles. The lowest BCUT2D eigenvalue weighted by molar-refractivity contribution is -0.145. The maximum absolute atomic E-state index is 12.8. The fraction of sp³-hybridized carbons (Fsp3) is 0.395. The summed E-state index contributed by atoms with van der Waals surface area (Å²) in [5.41, 5.74) is 0.789. The monoisotopic (exact) mass is 771 g/mol. The normalized spacial score (nSPS) is 15.3. The van der Waals surface area contributed by atoms with Crippen molar-refractivity contribution in [2.45, 2.75) is 25.0 Å². The van der Waals surface area contributed by atoms with Gasteiger partial charge in [0.1, 0.15) is 33.0 Å². The number of nitrogens with zero attached hydrogens (tertiary/aromatic N) is 1. The maximum atomic E-state index is 12.8. The van der Waals surface area contributed by atoms with Crippen LogP contribution in [0.1, 0.15) is 29.5 Å². The number of carbonyl (C=O) groups is 1. The lowest BCUT2D eigenvalue weighted by Crippen LogP contribution is -2.30. The Morgan fingerprint density at radius 1 is 0.589 bits per heavy atom. The number of carbonyl (C=O) groups excluding carboxylic acids is 1. The van der Waals surface area contributed by atoms with E-state index in [1.165, 1.54) is 0 Å². The van der Waals surface area contributed by atoms with Crippen molar-refractivity contribution in [2.24, 2.45) is 0 Å². The molecule has 0 bridgehead atoms. The van der Waals surface area contributed by atoms with E-state index in [1.54, 1.807) is 12.1 Å². The molecule has 56 heavy (non-hydrogen) atoms. The Bertz CT molecular complexity index is 1740. The third-order valence-corrected chi connectivity index (χ3v) is 8.35. The summed E-state index contributed by atoms with van der Waals surface area (Å²) in [6.07, 6.45) is 0.442. The molecule has 0 amide bonds. The molecule has 1 heterocycles. The van der Waals surface area contributed by atoms with Gasteiger partial charge in [0.05, 0.1) is 59.5 Å². The number of para-hydroxylation sites is 2. The highest BCUT2D eigenvalue weighted by atomic mass is 16.6. The van der Waals surface area contributed by atoms with Crippen molar-refractivity contribution in [3.8, 4) is 29.1 Å². The standard InChI is InChI=1S/C43H49NO12/c45-42(16-9-19-56-43(34-44-46,36-10-3-1-4-11-36)37-12-5-2-6-13-37)55-33-35-17-18-40-41(32-35)54-31-27-50-23-22-48-25-29-52-39-15-8-7-14-38(39)51-28-24-47-20-21-49-26-30-53-40/h1-8,10-15,17-18,32H,9,16,19-31,33H2. The number of ether oxygens (including phenoxy) is 10. The first-order chi connectivity index (χ1) is 27.7. The summed E-state index contributed by atoms with van der Waals surface area (Å²) in [6.45, 7) is 4.50. The fourth-order valence-electron chi connectivity index (χ4n) is 5.63. The Hall–Kier alpha value is -5.36. The molecular formula is C43H49NO12. The van der Waals surface area contributed by atoms with E-state index in [-0.39, 0.29) is 32.8 Å². The number of hydrogen-bond acceptors (Lipinski definition) is 12. The van der Waals surface area contributed by atoms with Gasteiger partial charge in [0.25, 0.3) is 5.60 Å². The first-order valence-corrected chi connectivity index (χ1v) is 18.7. The van der Waals surface area contributed by atoms with Gasteiger partial charge in [0.2, 0.25) is 0 Å². The highest BCUT2D eigenvalue weighted by molar-refractivity contribution is 5.69. The zero-order valence-corrected chi connectivity index (χ0v) is 31.5. The number of fused-ring (bicyclic) bond motifs is 2. The van der Waals surface area contributed by atoms with Gasteiger partial charge >= 0.3 is 12.0 Å². The Labute approximate surface area is 327 Å². The Morgan fingerprint density at radius 3 is 1.54 bits per heavy atom. The first kappa shape index (κ1) is 41.8. The second kappa shape index (κ2) is 24.2. The van der Waals surface area contributed by atoms with Crippen molar-refractivity contribution in [2.75, 3.05) is 85.9 Å². The maximum Gasteiger partial charge on any atom is 0.344 e. The van der Waals surface area contributed by atoms with Crippen LogP contribution in [0.25, 0.3) is 5.01 Å². The number of benzene rings is 4. The van der Waals surface area contributed by atoms with Gasteiger partial charge in [-0.1, -0.05) is 78.9 Å². The van der Waals surface area contributed by atoms with Crippen LogP contribution in [0, 0.1) is 11.3 Å². The zero-order valence-electron chi connectivity index (χ0n) is 31.5. The van der Waals surface area contributed by atoms with Gasteiger partial charge in [0.15, 0.2) is 23.0 Å². The van der Waals surface area contributed by atoms with Crippen molar-refractivity contribution < 1.29 is 52.2 Å². The minimum Gasteiger partial charge on any atom is -0.498 e. The van der Waals surface area contributed by atoms with E-state index in [0.29, 0.717) is 107 Å². The zero-order chi connectivity index (χ0) is 38.9. The molecule has 1 aliphatic rings. The van der Waals surface area contributed by atoms with E-state index in [2.05, 4.69) is 11.1 Å². The van der Waals surface area contributed by atoms with E-state index >= 15 is 0 Å². The fourth-order valence-corrected chi connectivity index (χ4v) is 5.63. The second-order valence-corrected chi connectivity index (χ2v) is 12.3. The molecule has 0 aliphatic carbocycles. The van der Waals surface area contributed by atoms with E-state index in [9.17, 15) is 10.0 Å². The molecule has 5 rings (SSSR count). The molecule has 298 valence electrons. The van der Waals surface area contributed by atoms with Crippen molar-refractivity contribution in [1.29, 1.82) is 0 Å². The summed E-state index contributed by atoms with van der Waals surface area (Å²) in [5.74, 6) is 1.89. The second-order valence-electron chi connectivity index (χ2n) is 12.3. The average molecular weight is 772 g/mol. The highest BCUT2D eigenvalue weighted by Gasteiger charge is 2.40. The number of esters is 1. The lowest BCUT2D eigenvalue weighted by atomic mass is 9.87. The van der Waals surface area contributed by atoms with Crippen LogP contribution in [-0.2, 0) is 45.4 Å². The molecule has 0 unspecified atom stereocenters. The van der Waals surface area contributed by atoms with Crippen molar-refractivity contribution >= 4 is 5.97 Å². The highest BCUT2D eigenvalue weighted by Crippen LogP contribution is 2.34. The average Bonchev–Trinajstić information content (AvgIpc) is 3.23. The number of rotatable bonds is 9. The van der Waals surface area contributed by atoms with Gasteiger partial charge < -0.3 is 52.6 Å². The molecule has 4 aromatic carbocycles. The van der Waals surface area contributed by atoms with Crippen LogP contribution in [0.2, 0.25) is 0 Å². The minimum atomic E-state index is -1.32. The lowest BCUT2D eigenvalue weighted by Gasteiger charge is -2.25. The molecule has 0 aromatic heterocycles. The van der Waals surface area contributed by atoms with E-state index in [0.717, 1.165) is 5.56 Å². The van der Waals surface area contributed by atoms with Gasteiger partial charge in [-0.3, -0.25) is 4.79 Å². The van der Waals surface area contributed by atoms with Crippen molar-refractivity contribution in [1.82, 2.24) is 0 Å². The van der Waals surface area contributed by atoms with Gasteiger partial charge in [-0.15, -0.1) is 0 Å². The molecule has 13 heteroatoms. The van der Waals surface area contributed by atoms with Gasteiger partial charge in [-0.25, -0.2) is 0 Å². The largest absolute Gasteiger partial charge is 0.498 e. The van der Waals surface area contributed by atoms with Gasteiger partial charge in [0, 0.05) is 22.6 Å².